The largest absolute Gasteiger partial charge is 0.377 e. The molecule has 1 fully saturated rings. The molecular formula is C18H23N3O3. The number of ether oxygens (including phenoxy) is 1. The summed E-state index contributed by atoms with van der Waals surface area (Å²) in [6.07, 6.45) is 3.92. The SMILES string of the molecule is Cc1nc(C2(NC(=O)CCCOCc3ccccc3)CCC2)no1. The van der Waals surface area contributed by atoms with Crippen LogP contribution in [0.1, 0.15) is 49.4 Å². The average molecular weight is 329 g/mol. The minimum Gasteiger partial charge on any atom is -0.377 e. The minimum absolute atomic E-state index is 0.0143. The Hall–Kier alpha value is -2.21. The lowest BCUT2D eigenvalue weighted by atomic mass is 9.76. The van der Waals surface area contributed by atoms with Gasteiger partial charge in [0.05, 0.1) is 6.61 Å². The Kier molecular flexibility index (Phi) is 5.25. The topological polar surface area (TPSA) is 77.2 Å². The van der Waals surface area contributed by atoms with Gasteiger partial charge in [0.15, 0.2) is 5.82 Å². The number of nitrogens with one attached hydrogen (secondary N) is 1. The fraction of sp³-hybridized carbons (Fsp3) is 0.500. The molecule has 0 saturated heterocycles. The van der Waals surface area contributed by atoms with Gasteiger partial charge in [-0.15, -0.1) is 0 Å². The van der Waals surface area contributed by atoms with E-state index in [0.717, 1.165) is 24.8 Å². The summed E-state index contributed by atoms with van der Waals surface area (Å²) in [5.41, 5.74) is 0.711. The van der Waals surface area contributed by atoms with Crippen molar-refractivity contribution in [2.45, 2.75) is 51.2 Å². The van der Waals surface area contributed by atoms with Gasteiger partial charge in [-0.25, -0.2) is 0 Å². The maximum Gasteiger partial charge on any atom is 0.223 e. The lowest BCUT2D eigenvalue weighted by Gasteiger charge is -2.39. The second kappa shape index (κ2) is 7.57. The number of benzene rings is 1. The maximum atomic E-state index is 12.2. The molecule has 1 amide bonds. The zero-order chi connectivity index (χ0) is 16.8. The van der Waals surface area contributed by atoms with Crippen LogP contribution in [0.3, 0.4) is 0 Å². The van der Waals surface area contributed by atoms with Gasteiger partial charge >= 0.3 is 0 Å². The molecule has 6 heteroatoms. The number of hydrogen-bond acceptors (Lipinski definition) is 5. The predicted octanol–water partition coefficient (Wildman–Crippen LogP) is 2.87. The molecule has 1 heterocycles. The van der Waals surface area contributed by atoms with Gasteiger partial charge in [-0.2, -0.15) is 4.98 Å². The first-order chi connectivity index (χ1) is 11.7. The molecule has 1 aliphatic rings. The van der Waals surface area contributed by atoms with Gasteiger partial charge in [0.2, 0.25) is 11.8 Å². The highest BCUT2D eigenvalue weighted by Crippen LogP contribution is 2.39. The number of nitrogens with zero attached hydrogens (tertiary/aromatic N) is 2. The van der Waals surface area contributed by atoms with Crippen molar-refractivity contribution < 1.29 is 14.1 Å². The summed E-state index contributed by atoms with van der Waals surface area (Å²) in [6, 6.07) is 10.0. The molecule has 1 N–H and O–H groups in total. The predicted molar refractivity (Wildman–Crippen MR) is 88.0 cm³/mol. The Morgan fingerprint density at radius 2 is 2.12 bits per heavy atom. The van der Waals surface area contributed by atoms with Crippen LogP contribution in [0, 0.1) is 6.92 Å². The first-order valence-electron chi connectivity index (χ1n) is 8.41. The van der Waals surface area contributed by atoms with Gasteiger partial charge < -0.3 is 14.6 Å². The molecule has 1 saturated carbocycles. The van der Waals surface area contributed by atoms with Crippen molar-refractivity contribution in [2.75, 3.05) is 6.61 Å². The summed E-state index contributed by atoms with van der Waals surface area (Å²) >= 11 is 0. The molecule has 2 aromatic rings. The lowest BCUT2D eigenvalue weighted by Crippen LogP contribution is -2.51. The second-order valence-electron chi connectivity index (χ2n) is 6.26. The first-order valence-corrected chi connectivity index (χ1v) is 8.41. The molecule has 0 atom stereocenters. The van der Waals surface area contributed by atoms with E-state index in [1.54, 1.807) is 6.92 Å². The van der Waals surface area contributed by atoms with Gasteiger partial charge in [-0.1, -0.05) is 35.5 Å². The van der Waals surface area contributed by atoms with E-state index in [9.17, 15) is 4.79 Å². The van der Waals surface area contributed by atoms with Crippen LogP contribution in [0.25, 0.3) is 0 Å². The molecule has 6 nitrogen and oxygen atoms in total. The van der Waals surface area contributed by atoms with Crippen LogP contribution in [-0.2, 0) is 21.7 Å². The fourth-order valence-electron chi connectivity index (χ4n) is 2.86. The van der Waals surface area contributed by atoms with Gasteiger partial charge in [0.25, 0.3) is 0 Å². The van der Waals surface area contributed by atoms with Crippen LogP contribution in [-0.4, -0.2) is 22.7 Å². The van der Waals surface area contributed by atoms with Crippen molar-refractivity contribution in [3.63, 3.8) is 0 Å². The molecule has 24 heavy (non-hydrogen) atoms. The van der Waals surface area contributed by atoms with E-state index in [1.165, 1.54) is 0 Å². The summed E-state index contributed by atoms with van der Waals surface area (Å²) in [7, 11) is 0. The maximum absolute atomic E-state index is 12.2. The van der Waals surface area contributed by atoms with Crippen molar-refractivity contribution in [1.29, 1.82) is 0 Å². The van der Waals surface area contributed by atoms with Crippen LogP contribution in [0.15, 0.2) is 34.9 Å². The summed E-state index contributed by atoms with van der Waals surface area (Å²) in [5.74, 6) is 1.14. The van der Waals surface area contributed by atoms with E-state index < -0.39 is 5.54 Å². The number of aryl methyl sites for hydroxylation is 1. The molecule has 0 unspecified atom stereocenters. The van der Waals surface area contributed by atoms with Crippen LogP contribution < -0.4 is 5.32 Å². The Balaban J connectivity index is 1.39. The van der Waals surface area contributed by atoms with Crippen LogP contribution in [0.4, 0.5) is 0 Å². The van der Waals surface area contributed by atoms with E-state index in [2.05, 4.69) is 15.5 Å². The molecule has 3 rings (SSSR count). The number of aromatic nitrogens is 2. The summed E-state index contributed by atoms with van der Waals surface area (Å²) < 4.78 is 10.7. The van der Waals surface area contributed by atoms with E-state index >= 15 is 0 Å². The second-order valence-corrected chi connectivity index (χ2v) is 6.26. The zero-order valence-electron chi connectivity index (χ0n) is 14.0. The van der Waals surface area contributed by atoms with Crippen molar-refractivity contribution in [3.05, 3.63) is 47.6 Å². The lowest BCUT2D eigenvalue weighted by molar-refractivity contribution is -0.124. The Morgan fingerprint density at radius 1 is 1.33 bits per heavy atom. The molecule has 0 spiro atoms. The summed E-state index contributed by atoms with van der Waals surface area (Å²) in [6.45, 7) is 2.90. The fourth-order valence-corrected chi connectivity index (χ4v) is 2.86. The van der Waals surface area contributed by atoms with E-state index in [4.69, 9.17) is 9.26 Å². The molecule has 0 bridgehead atoms. The molecular weight excluding hydrogens is 306 g/mol. The Labute approximate surface area is 141 Å². The van der Waals surface area contributed by atoms with Crippen LogP contribution in [0.5, 0.6) is 0 Å². The summed E-state index contributed by atoms with van der Waals surface area (Å²) in [5, 5.41) is 7.07. The number of carbonyl (C=O) groups is 1. The van der Waals surface area contributed by atoms with Crippen molar-refractivity contribution >= 4 is 5.91 Å². The quantitative estimate of drug-likeness (QED) is 0.754. The third kappa shape index (κ3) is 4.00. The average Bonchev–Trinajstić information content (AvgIpc) is 2.98. The Bertz CT molecular complexity index is 665. The minimum atomic E-state index is -0.431. The molecule has 1 aromatic carbocycles. The number of rotatable bonds is 8. The van der Waals surface area contributed by atoms with E-state index in [-0.39, 0.29) is 5.91 Å². The van der Waals surface area contributed by atoms with Crippen molar-refractivity contribution in [2.24, 2.45) is 0 Å². The molecule has 1 aliphatic carbocycles. The van der Waals surface area contributed by atoms with Gasteiger partial charge in [-0.3, -0.25) is 4.79 Å². The molecule has 128 valence electrons. The number of amides is 1. The highest BCUT2D eigenvalue weighted by atomic mass is 16.5. The van der Waals surface area contributed by atoms with Gasteiger partial charge in [0, 0.05) is 20.0 Å². The van der Waals surface area contributed by atoms with E-state index in [1.807, 2.05) is 30.3 Å². The van der Waals surface area contributed by atoms with Crippen LogP contribution in [0.2, 0.25) is 0 Å². The smallest absolute Gasteiger partial charge is 0.223 e. The van der Waals surface area contributed by atoms with Gasteiger partial charge in [0.1, 0.15) is 5.54 Å². The Morgan fingerprint density at radius 3 is 2.75 bits per heavy atom. The number of carbonyl (C=O) groups excluding carboxylic acids is 1. The van der Waals surface area contributed by atoms with E-state index in [0.29, 0.717) is 37.8 Å². The summed E-state index contributed by atoms with van der Waals surface area (Å²) in [4.78, 5) is 16.5. The van der Waals surface area contributed by atoms with Gasteiger partial charge in [-0.05, 0) is 31.2 Å². The normalized spacial score (nSPS) is 15.7. The first kappa shape index (κ1) is 16.6. The molecule has 0 aliphatic heterocycles. The van der Waals surface area contributed by atoms with Crippen molar-refractivity contribution in [1.82, 2.24) is 15.5 Å². The zero-order valence-corrected chi connectivity index (χ0v) is 14.0. The monoisotopic (exact) mass is 329 g/mol. The number of hydrogen-bond donors (Lipinski definition) is 1. The van der Waals surface area contributed by atoms with Crippen LogP contribution >= 0.6 is 0 Å². The molecule has 0 radical (unpaired) electrons. The molecule has 1 aromatic heterocycles. The third-order valence-electron chi connectivity index (χ3n) is 4.35. The third-order valence-corrected chi connectivity index (χ3v) is 4.35. The highest BCUT2D eigenvalue weighted by Gasteiger charge is 2.43. The standard InChI is InChI=1S/C18H23N3O3/c1-14-19-17(21-24-14)18(10-6-11-18)20-16(22)9-5-12-23-13-15-7-3-2-4-8-15/h2-4,7-8H,5-6,9-13H2,1H3,(H,20,22). The van der Waals surface area contributed by atoms with Crippen molar-refractivity contribution in [3.8, 4) is 0 Å². The highest BCUT2D eigenvalue weighted by molar-refractivity contribution is 5.77.